The molecule has 1 aromatic heterocycles. The van der Waals surface area contributed by atoms with Crippen molar-refractivity contribution in [1.82, 2.24) is 4.98 Å². The van der Waals surface area contributed by atoms with Gasteiger partial charge >= 0.3 is 5.97 Å². The Morgan fingerprint density at radius 2 is 1.81 bits per heavy atom. The van der Waals surface area contributed by atoms with E-state index in [2.05, 4.69) is 10.3 Å². The van der Waals surface area contributed by atoms with E-state index in [1.807, 2.05) is 30.3 Å². The van der Waals surface area contributed by atoms with Crippen LogP contribution in [0.2, 0.25) is 0 Å². The number of hydrogen-bond acceptors (Lipinski definition) is 4. The third-order valence-corrected chi connectivity index (χ3v) is 3.48. The maximum atomic E-state index is 12.8. The van der Waals surface area contributed by atoms with Gasteiger partial charge in [-0.1, -0.05) is 24.3 Å². The predicted molar refractivity (Wildman–Crippen MR) is 96.8 cm³/mol. The van der Waals surface area contributed by atoms with E-state index in [9.17, 15) is 14.0 Å². The van der Waals surface area contributed by atoms with Crippen LogP contribution in [0.25, 0.3) is 17.0 Å². The normalized spacial score (nSPS) is 10.8. The number of nitrogens with one attached hydrogen (secondary N) is 1. The highest BCUT2D eigenvalue weighted by Gasteiger charge is 2.06. The summed E-state index contributed by atoms with van der Waals surface area (Å²) in [5, 5.41) is 3.50. The summed E-state index contributed by atoms with van der Waals surface area (Å²) in [6.07, 6.45) is 2.73. The van der Waals surface area contributed by atoms with Crippen LogP contribution in [0.3, 0.4) is 0 Å². The van der Waals surface area contributed by atoms with Crippen LogP contribution in [0.5, 0.6) is 0 Å². The Bertz CT molecular complexity index is 968. The molecule has 0 atom stereocenters. The van der Waals surface area contributed by atoms with Crippen molar-refractivity contribution in [1.29, 1.82) is 0 Å². The number of anilines is 1. The standard InChI is InChI=1S/C20H15FN2O3/c21-15-6-9-17(10-7-15)23-19(24)13-26-20(25)12-11-16-8-5-14-3-1-2-4-18(14)22-16/h1-12H,13H2,(H,23,24). The lowest BCUT2D eigenvalue weighted by Gasteiger charge is -2.05. The first-order valence-electron chi connectivity index (χ1n) is 7.86. The van der Waals surface area contributed by atoms with Gasteiger partial charge in [-0.15, -0.1) is 0 Å². The molecule has 3 aromatic rings. The number of halogens is 1. The van der Waals surface area contributed by atoms with E-state index < -0.39 is 24.3 Å². The minimum atomic E-state index is -0.658. The Hall–Kier alpha value is -3.54. The second-order valence-corrected chi connectivity index (χ2v) is 5.42. The maximum absolute atomic E-state index is 12.8. The average Bonchev–Trinajstić information content (AvgIpc) is 2.66. The molecular weight excluding hydrogens is 335 g/mol. The van der Waals surface area contributed by atoms with E-state index >= 15 is 0 Å². The molecule has 0 unspecified atom stereocenters. The van der Waals surface area contributed by atoms with Crippen LogP contribution in [0.4, 0.5) is 10.1 Å². The van der Waals surface area contributed by atoms with E-state index in [0.717, 1.165) is 10.9 Å². The van der Waals surface area contributed by atoms with Crippen molar-refractivity contribution in [2.45, 2.75) is 0 Å². The molecule has 0 spiro atoms. The number of esters is 1. The summed E-state index contributed by atoms with van der Waals surface area (Å²) in [5.74, 6) is -1.57. The van der Waals surface area contributed by atoms with Crippen LogP contribution in [-0.2, 0) is 14.3 Å². The van der Waals surface area contributed by atoms with Crippen LogP contribution < -0.4 is 5.32 Å². The monoisotopic (exact) mass is 350 g/mol. The zero-order valence-corrected chi connectivity index (χ0v) is 13.7. The second kappa shape index (κ2) is 8.02. The Kier molecular flexibility index (Phi) is 5.34. The van der Waals surface area contributed by atoms with Crippen molar-refractivity contribution in [2.75, 3.05) is 11.9 Å². The molecule has 6 heteroatoms. The molecule has 1 amide bonds. The molecule has 0 aliphatic rings. The van der Waals surface area contributed by atoms with Gasteiger partial charge in [-0.05, 0) is 42.5 Å². The van der Waals surface area contributed by atoms with E-state index in [0.29, 0.717) is 11.4 Å². The minimum absolute atomic E-state index is 0.401. The molecule has 0 bridgehead atoms. The molecule has 0 aliphatic carbocycles. The number of rotatable bonds is 5. The summed E-state index contributed by atoms with van der Waals surface area (Å²) in [6.45, 7) is -0.439. The molecule has 2 aromatic carbocycles. The van der Waals surface area contributed by atoms with Crippen LogP contribution in [0.15, 0.2) is 66.7 Å². The van der Waals surface area contributed by atoms with E-state index in [1.165, 1.54) is 36.4 Å². The number of fused-ring (bicyclic) bond motifs is 1. The van der Waals surface area contributed by atoms with Crippen molar-refractivity contribution in [2.24, 2.45) is 0 Å². The molecule has 0 fully saturated rings. The van der Waals surface area contributed by atoms with Crippen molar-refractivity contribution >= 4 is 34.5 Å². The Morgan fingerprint density at radius 3 is 2.62 bits per heavy atom. The molecule has 0 saturated carbocycles. The third kappa shape index (κ3) is 4.73. The van der Waals surface area contributed by atoms with Gasteiger partial charge in [0.15, 0.2) is 6.61 Å². The van der Waals surface area contributed by atoms with Gasteiger partial charge in [-0.3, -0.25) is 4.79 Å². The molecule has 1 N–H and O–H groups in total. The van der Waals surface area contributed by atoms with Crippen LogP contribution in [0.1, 0.15) is 5.69 Å². The number of para-hydroxylation sites is 1. The van der Waals surface area contributed by atoms with E-state index in [-0.39, 0.29) is 0 Å². The summed E-state index contributed by atoms with van der Waals surface area (Å²) < 4.78 is 17.7. The van der Waals surface area contributed by atoms with Crippen LogP contribution in [-0.4, -0.2) is 23.5 Å². The Labute approximate surface area is 149 Å². The lowest BCUT2D eigenvalue weighted by Crippen LogP contribution is -2.20. The quantitative estimate of drug-likeness (QED) is 0.564. The average molecular weight is 350 g/mol. The molecule has 0 radical (unpaired) electrons. The van der Waals surface area contributed by atoms with Crippen LogP contribution in [0, 0.1) is 5.82 Å². The third-order valence-electron chi connectivity index (χ3n) is 3.48. The summed E-state index contributed by atoms with van der Waals surface area (Å²) in [4.78, 5) is 27.8. The van der Waals surface area contributed by atoms with Crippen molar-refractivity contribution < 1.29 is 18.7 Å². The van der Waals surface area contributed by atoms with Gasteiger partial charge in [0.2, 0.25) is 0 Å². The molecule has 3 rings (SSSR count). The Morgan fingerprint density at radius 1 is 1.04 bits per heavy atom. The molecule has 1 heterocycles. The molecule has 0 saturated heterocycles. The topological polar surface area (TPSA) is 68.3 Å². The molecule has 5 nitrogen and oxygen atoms in total. The first-order chi connectivity index (χ1) is 12.6. The minimum Gasteiger partial charge on any atom is -0.452 e. The highest BCUT2D eigenvalue weighted by atomic mass is 19.1. The number of hydrogen-bond donors (Lipinski definition) is 1. The molecular formula is C20H15FN2O3. The van der Waals surface area contributed by atoms with E-state index in [4.69, 9.17) is 4.74 Å². The number of pyridine rings is 1. The van der Waals surface area contributed by atoms with Gasteiger partial charge in [-0.25, -0.2) is 14.2 Å². The largest absolute Gasteiger partial charge is 0.452 e. The van der Waals surface area contributed by atoms with Gasteiger partial charge in [0.1, 0.15) is 5.82 Å². The van der Waals surface area contributed by atoms with E-state index in [1.54, 1.807) is 6.07 Å². The summed E-state index contributed by atoms with van der Waals surface area (Å²) in [6, 6.07) is 16.6. The number of ether oxygens (including phenoxy) is 1. The van der Waals surface area contributed by atoms with Crippen molar-refractivity contribution in [3.05, 3.63) is 78.3 Å². The number of benzene rings is 2. The molecule has 0 aliphatic heterocycles. The van der Waals surface area contributed by atoms with Gasteiger partial charge in [-0.2, -0.15) is 0 Å². The maximum Gasteiger partial charge on any atom is 0.331 e. The SMILES string of the molecule is O=C(COC(=O)C=Cc1ccc2ccccc2n1)Nc1ccc(F)cc1. The van der Waals surface area contributed by atoms with Gasteiger partial charge in [0.05, 0.1) is 11.2 Å². The highest BCUT2D eigenvalue weighted by molar-refractivity contribution is 5.94. The molecule has 130 valence electrons. The predicted octanol–water partition coefficient (Wildman–Crippen LogP) is 3.57. The fourth-order valence-corrected chi connectivity index (χ4v) is 2.24. The van der Waals surface area contributed by atoms with Gasteiger partial charge < -0.3 is 10.1 Å². The fraction of sp³-hybridized carbons (Fsp3) is 0.0500. The van der Waals surface area contributed by atoms with Crippen LogP contribution >= 0.6 is 0 Å². The lowest BCUT2D eigenvalue weighted by atomic mass is 10.2. The second-order valence-electron chi connectivity index (χ2n) is 5.42. The first-order valence-corrected chi connectivity index (χ1v) is 7.86. The first kappa shape index (κ1) is 17.3. The molecule has 26 heavy (non-hydrogen) atoms. The highest BCUT2D eigenvalue weighted by Crippen LogP contribution is 2.12. The smallest absolute Gasteiger partial charge is 0.331 e. The summed E-state index contributed by atoms with van der Waals surface area (Å²) in [5.41, 5.74) is 1.85. The number of carbonyl (C=O) groups excluding carboxylic acids is 2. The van der Waals surface area contributed by atoms with Gasteiger partial charge in [0, 0.05) is 17.1 Å². The zero-order valence-electron chi connectivity index (χ0n) is 13.7. The van der Waals surface area contributed by atoms with Crippen molar-refractivity contribution in [3.63, 3.8) is 0 Å². The summed E-state index contributed by atoms with van der Waals surface area (Å²) >= 11 is 0. The zero-order chi connectivity index (χ0) is 18.4. The number of nitrogens with zero attached hydrogens (tertiary/aromatic N) is 1. The lowest BCUT2D eigenvalue weighted by molar-refractivity contribution is -0.142. The Balaban J connectivity index is 1.51. The fourth-order valence-electron chi connectivity index (χ4n) is 2.24. The summed E-state index contributed by atoms with van der Waals surface area (Å²) in [7, 11) is 0. The van der Waals surface area contributed by atoms with Crippen molar-refractivity contribution in [3.8, 4) is 0 Å². The number of aromatic nitrogens is 1. The number of carbonyl (C=O) groups is 2. The van der Waals surface area contributed by atoms with Gasteiger partial charge in [0.25, 0.3) is 5.91 Å². The number of amides is 1.